The number of carbonyl (C=O) groups excluding carboxylic acids is 1. The van der Waals surface area contributed by atoms with Crippen LogP contribution in [0.2, 0.25) is 0 Å². The van der Waals surface area contributed by atoms with Crippen LogP contribution in [-0.2, 0) is 4.79 Å². The maximum Gasteiger partial charge on any atom is 0.138 e. The van der Waals surface area contributed by atoms with Crippen molar-refractivity contribution in [3.63, 3.8) is 0 Å². The summed E-state index contributed by atoms with van der Waals surface area (Å²) in [5, 5.41) is 0. The van der Waals surface area contributed by atoms with Crippen LogP contribution in [0, 0.1) is 11.8 Å². The second-order valence-corrected chi connectivity index (χ2v) is 4.96. The fourth-order valence-corrected chi connectivity index (χ4v) is 2.01. The Morgan fingerprint density at radius 2 is 2.07 bits per heavy atom. The van der Waals surface area contributed by atoms with Crippen molar-refractivity contribution in [2.75, 3.05) is 13.1 Å². The molecular formula is C12H23NO. The number of rotatable bonds is 3. The Kier molecular flexibility index (Phi) is 4.11. The minimum atomic E-state index is 0.232. The van der Waals surface area contributed by atoms with Crippen molar-refractivity contribution in [3.8, 4) is 0 Å². The van der Waals surface area contributed by atoms with Gasteiger partial charge in [0.05, 0.1) is 0 Å². The number of Topliss-reactive ketones (excluding diaryl/α,β-unsaturated/α-hetero) is 1. The van der Waals surface area contributed by atoms with Crippen LogP contribution < -0.4 is 0 Å². The van der Waals surface area contributed by atoms with E-state index >= 15 is 0 Å². The third-order valence-electron chi connectivity index (χ3n) is 3.45. The van der Waals surface area contributed by atoms with Crippen molar-refractivity contribution >= 4 is 5.78 Å². The summed E-state index contributed by atoms with van der Waals surface area (Å²) in [7, 11) is 0. The van der Waals surface area contributed by atoms with Crippen LogP contribution >= 0.6 is 0 Å². The highest BCUT2D eigenvalue weighted by Gasteiger charge is 2.30. The van der Waals surface area contributed by atoms with Crippen molar-refractivity contribution in [3.05, 3.63) is 0 Å². The summed E-state index contributed by atoms with van der Waals surface area (Å²) in [5.41, 5.74) is 0. The Morgan fingerprint density at radius 3 is 2.64 bits per heavy atom. The van der Waals surface area contributed by atoms with Gasteiger partial charge in [0, 0.05) is 24.9 Å². The van der Waals surface area contributed by atoms with E-state index in [2.05, 4.69) is 32.6 Å². The first-order chi connectivity index (χ1) is 6.52. The molecule has 1 rings (SSSR count). The largest absolute Gasteiger partial charge is 0.300 e. The second kappa shape index (κ2) is 4.92. The molecule has 0 aromatic heterocycles. The number of hydrogen-bond donors (Lipinski definition) is 0. The van der Waals surface area contributed by atoms with Crippen LogP contribution in [0.1, 0.15) is 40.5 Å². The molecule has 1 fully saturated rings. The fourth-order valence-electron chi connectivity index (χ4n) is 2.01. The Hall–Kier alpha value is -0.370. The van der Waals surface area contributed by atoms with E-state index < -0.39 is 0 Å². The molecule has 1 aliphatic heterocycles. The molecule has 2 nitrogen and oxygen atoms in total. The predicted molar refractivity (Wildman–Crippen MR) is 59.3 cm³/mol. The van der Waals surface area contributed by atoms with Gasteiger partial charge in [-0.1, -0.05) is 20.8 Å². The Bertz CT molecular complexity index is 200. The summed E-state index contributed by atoms with van der Waals surface area (Å²) >= 11 is 0. The van der Waals surface area contributed by atoms with Gasteiger partial charge in [0.25, 0.3) is 0 Å². The van der Waals surface area contributed by atoms with Gasteiger partial charge in [0.1, 0.15) is 5.78 Å². The van der Waals surface area contributed by atoms with E-state index in [0.29, 0.717) is 11.8 Å². The molecule has 1 saturated heterocycles. The van der Waals surface area contributed by atoms with Gasteiger partial charge < -0.3 is 0 Å². The topological polar surface area (TPSA) is 20.3 Å². The quantitative estimate of drug-likeness (QED) is 0.692. The summed E-state index contributed by atoms with van der Waals surface area (Å²) in [5.74, 6) is 1.43. The molecule has 0 aromatic carbocycles. The standard InChI is InChI=1S/C12H23NO/c1-9(2)5-7-13-8-6-12(14)10(3)11(13)4/h9-11H,5-8H2,1-4H3. The molecule has 2 heteroatoms. The summed E-state index contributed by atoms with van der Waals surface area (Å²) in [6.07, 6.45) is 1.99. The van der Waals surface area contributed by atoms with Crippen LogP contribution in [0.15, 0.2) is 0 Å². The van der Waals surface area contributed by atoms with Crippen LogP contribution in [-0.4, -0.2) is 29.8 Å². The third-order valence-corrected chi connectivity index (χ3v) is 3.45. The van der Waals surface area contributed by atoms with Crippen molar-refractivity contribution in [2.45, 2.75) is 46.6 Å². The molecule has 1 aliphatic rings. The lowest BCUT2D eigenvalue weighted by molar-refractivity contribution is -0.127. The average molecular weight is 197 g/mol. The summed E-state index contributed by atoms with van der Waals surface area (Å²) in [6.45, 7) is 10.9. The molecule has 2 atom stereocenters. The van der Waals surface area contributed by atoms with Gasteiger partial charge in [-0.15, -0.1) is 0 Å². The van der Waals surface area contributed by atoms with Gasteiger partial charge in [-0.05, 0) is 25.8 Å². The highest BCUT2D eigenvalue weighted by molar-refractivity contribution is 5.82. The molecule has 0 bridgehead atoms. The van der Waals surface area contributed by atoms with Crippen LogP contribution in [0.3, 0.4) is 0 Å². The smallest absolute Gasteiger partial charge is 0.138 e. The Morgan fingerprint density at radius 1 is 1.43 bits per heavy atom. The van der Waals surface area contributed by atoms with Gasteiger partial charge in [-0.3, -0.25) is 9.69 Å². The molecule has 0 aromatic rings. The van der Waals surface area contributed by atoms with Crippen LogP contribution in [0.25, 0.3) is 0 Å². The molecule has 0 aliphatic carbocycles. The number of carbonyl (C=O) groups is 1. The van der Waals surface area contributed by atoms with Gasteiger partial charge >= 0.3 is 0 Å². The average Bonchev–Trinajstić information content (AvgIpc) is 2.13. The van der Waals surface area contributed by atoms with Gasteiger partial charge in [-0.2, -0.15) is 0 Å². The summed E-state index contributed by atoms with van der Waals surface area (Å²) in [4.78, 5) is 13.9. The first-order valence-corrected chi connectivity index (χ1v) is 5.79. The van der Waals surface area contributed by atoms with E-state index in [-0.39, 0.29) is 5.92 Å². The zero-order valence-corrected chi connectivity index (χ0v) is 9.92. The SMILES string of the molecule is CC(C)CCN1CCC(=O)C(C)C1C. The number of ketones is 1. The maximum absolute atomic E-state index is 11.5. The maximum atomic E-state index is 11.5. The predicted octanol–water partition coefficient (Wildman–Crippen LogP) is 2.33. The van der Waals surface area contributed by atoms with Gasteiger partial charge in [0.15, 0.2) is 0 Å². The molecule has 0 N–H and O–H groups in total. The molecule has 0 saturated carbocycles. The third kappa shape index (κ3) is 2.81. The number of likely N-dealkylation sites (tertiary alicyclic amines) is 1. The molecule has 0 radical (unpaired) electrons. The van der Waals surface area contributed by atoms with Gasteiger partial charge in [0.2, 0.25) is 0 Å². The highest BCUT2D eigenvalue weighted by Crippen LogP contribution is 2.20. The zero-order valence-electron chi connectivity index (χ0n) is 9.92. The lowest BCUT2D eigenvalue weighted by Gasteiger charge is -2.37. The summed E-state index contributed by atoms with van der Waals surface area (Å²) < 4.78 is 0. The number of piperidine rings is 1. The van der Waals surface area contributed by atoms with E-state index in [1.807, 2.05) is 0 Å². The van der Waals surface area contributed by atoms with Crippen molar-refractivity contribution in [1.82, 2.24) is 4.90 Å². The lowest BCUT2D eigenvalue weighted by Crippen LogP contribution is -2.47. The molecule has 82 valence electrons. The Balaban J connectivity index is 2.42. The fraction of sp³-hybridized carbons (Fsp3) is 0.917. The zero-order chi connectivity index (χ0) is 10.7. The van der Waals surface area contributed by atoms with Crippen LogP contribution in [0.4, 0.5) is 0 Å². The van der Waals surface area contributed by atoms with E-state index in [0.717, 1.165) is 25.4 Å². The number of nitrogens with zero attached hydrogens (tertiary/aromatic N) is 1. The molecule has 14 heavy (non-hydrogen) atoms. The van der Waals surface area contributed by atoms with E-state index in [9.17, 15) is 4.79 Å². The molecule has 1 heterocycles. The normalized spacial score (nSPS) is 29.9. The minimum Gasteiger partial charge on any atom is -0.300 e. The van der Waals surface area contributed by atoms with Crippen molar-refractivity contribution in [2.24, 2.45) is 11.8 Å². The second-order valence-electron chi connectivity index (χ2n) is 4.96. The Labute approximate surface area is 87.7 Å². The first-order valence-electron chi connectivity index (χ1n) is 5.79. The summed E-state index contributed by atoms with van der Waals surface area (Å²) in [6, 6.07) is 0.440. The molecule has 0 spiro atoms. The molecule has 2 unspecified atom stereocenters. The lowest BCUT2D eigenvalue weighted by atomic mass is 9.90. The van der Waals surface area contributed by atoms with E-state index in [4.69, 9.17) is 0 Å². The van der Waals surface area contributed by atoms with E-state index in [1.165, 1.54) is 6.42 Å². The molecular weight excluding hydrogens is 174 g/mol. The minimum absolute atomic E-state index is 0.232. The first kappa shape index (κ1) is 11.7. The van der Waals surface area contributed by atoms with Crippen molar-refractivity contribution < 1.29 is 4.79 Å². The van der Waals surface area contributed by atoms with Crippen LogP contribution in [0.5, 0.6) is 0 Å². The molecule has 0 amide bonds. The van der Waals surface area contributed by atoms with Crippen molar-refractivity contribution in [1.29, 1.82) is 0 Å². The highest BCUT2D eigenvalue weighted by atomic mass is 16.1. The van der Waals surface area contributed by atoms with E-state index in [1.54, 1.807) is 0 Å². The monoisotopic (exact) mass is 197 g/mol. The number of hydrogen-bond acceptors (Lipinski definition) is 2. The van der Waals surface area contributed by atoms with Gasteiger partial charge in [-0.25, -0.2) is 0 Å².